The number of non-ortho nitro benzene ring substituents is 1. The van der Waals surface area contributed by atoms with Crippen molar-refractivity contribution in [2.45, 2.75) is 11.8 Å². The monoisotopic (exact) mass is 499 g/mol. The predicted octanol–water partition coefficient (Wildman–Crippen LogP) is 3.45. The summed E-state index contributed by atoms with van der Waals surface area (Å²) in [6.45, 7) is 2.16. The summed E-state index contributed by atoms with van der Waals surface area (Å²) in [5.41, 5.74) is 1.17. The van der Waals surface area contributed by atoms with Gasteiger partial charge in [0, 0.05) is 53.8 Å². The van der Waals surface area contributed by atoms with Crippen molar-refractivity contribution in [2.24, 2.45) is 0 Å². The number of anilines is 2. The van der Waals surface area contributed by atoms with Crippen LogP contribution in [-0.4, -0.2) is 37.3 Å². The van der Waals surface area contributed by atoms with Crippen molar-refractivity contribution in [3.05, 3.63) is 98.1 Å². The van der Waals surface area contributed by atoms with E-state index in [9.17, 15) is 33.4 Å². The summed E-state index contributed by atoms with van der Waals surface area (Å²) >= 11 is 0. The molecule has 12 nitrogen and oxygen atoms in total. The molecule has 13 heteroatoms. The third kappa shape index (κ3) is 6.51. The molecule has 0 unspecified atom stereocenters. The minimum Gasteiger partial charge on any atom is -0.383 e. The highest BCUT2D eigenvalue weighted by Gasteiger charge is 2.20. The topological polar surface area (TPSA) is 174 Å². The number of nitrogens with zero attached hydrogens (tertiary/aromatic N) is 2. The van der Waals surface area contributed by atoms with Crippen molar-refractivity contribution in [2.75, 3.05) is 23.1 Å². The SMILES string of the molecule is Cc1ccc(S(=O)(=O)Nc2ccc(C(=O)NCCNc3ccc([N+](=O)[O-])cc3)cc2)cc1[N+](=O)[O-]. The van der Waals surface area contributed by atoms with E-state index in [1.54, 1.807) is 12.1 Å². The van der Waals surface area contributed by atoms with Gasteiger partial charge in [-0.25, -0.2) is 8.42 Å². The molecule has 1 amide bonds. The molecule has 0 heterocycles. The van der Waals surface area contributed by atoms with Crippen LogP contribution < -0.4 is 15.4 Å². The molecule has 35 heavy (non-hydrogen) atoms. The van der Waals surface area contributed by atoms with Crippen LogP contribution in [0.15, 0.2) is 71.6 Å². The largest absolute Gasteiger partial charge is 0.383 e. The Labute approximate surface area is 200 Å². The third-order valence-corrected chi connectivity index (χ3v) is 6.28. The predicted molar refractivity (Wildman–Crippen MR) is 129 cm³/mol. The van der Waals surface area contributed by atoms with Gasteiger partial charge in [-0.05, 0) is 49.4 Å². The number of nitrogens with one attached hydrogen (secondary N) is 3. The van der Waals surface area contributed by atoms with Crippen LogP contribution in [0.5, 0.6) is 0 Å². The van der Waals surface area contributed by atoms with Crippen LogP contribution in [0.2, 0.25) is 0 Å². The molecule has 0 aliphatic heterocycles. The summed E-state index contributed by atoms with van der Waals surface area (Å²) in [6.07, 6.45) is 0. The van der Waals surface area contributed by atoms with Gasteiger partial charge in [0.25, 0.3) is 27.3 Å². The van der Waals surface area contributed by atoms with Crippen LogP contribution in [0.25, 0.3) is 0 Å². The Kier molecular flexibility index (Phi) is 7.61. The molecule has 0 aromatic heterocycles. The second-order valence-electron chi connectivity index (χ2n) is 7.37. The number of aryl methyl sites for hydroxylation is 1. The molecule has 3 aromatic carbocycles. The van der Waals surface area contributed by atoms with Gasteiger partial charge in [0.1, 0.15) is 0 Å². The van der Waals surface area contributed by atoms with Crippen LogP contribution in [0.1, 0.15) is 15.9 Å². The molecule has 0 saturated heterocycles. The molecule has 3 N–H and O–H groups in total. The molecule has 0 aliphatic rings. The van der Waals surface area contributed by atoms with Crippen molar-refractivity contribution in [3.63, 3.8) is 0 Å². The Morgan fingerprint density at radius 1 is 0.857 bits per heavy atom. The molecule has 0 fully saturated rings. The van der Waals surface area contributed by atoms with Crippen LogP contribution in [0, 0.1) is 27.2 Å². The van der Waals surface area contributed by atoms with E-state index in [-0.39, 0.29) is 34.4 Å². The quantitative estimate of drug-likeness (QED) is 0.216. The molecular formula is C22H21N5O7S. The van der Waals surface area contributed by atoms with E-state index in [2.05, 4.69) is 15.4 Å². The Hall–Kier alpha value is -4.52. The number of rotatable bonds is 10. The highest BCUT2D eigenvalue weighted by Crippen LogP contribution is 2.24. The molecule has 0 aliphatic carbocycles. The molecule has 0 radical (unpaired) electrons. The summed E-state index contributed by atoms with van der Waals surface area (Å²) in [7, 11) is -4.07. The van der Waals surface area contributed by atoms with Gasteiger partial charge in [-0.1, -0.05) is 6.07 Å². The smallest absolute Gasteiger partial charge is 0.273 e. The van der Waals surface area contributed by atoms with Gasteiger partial charge in [-0.15, -0.1) is 0 Å². The van der Waals surface area contributed by atoms with Crippen LogP contribution in [0.4, 0.5) is 22.7 Å². The van der Waals surface area contributed by atoms with Gasteiger partial charge in [0.15, 0.2) is 0 Å². The Balaban J connectivity index is 1.54. The lowest BCUT2D eigenvalue weighted by molar-refractivity contribution is -0.385. The number of benzene rings is 3. The molecule has 0 saturated carbocycles. The number of carbonyl (C=O) groups excluding carboxylic acids is 1. The number of amides is 1. The molecule has 0 atom stereocenters. The fourth-order valence-corrected chi connectivity index (χ4v) is 4.12. The number of hydrogen-bond acceptors (Lipinski definition) is 8. The zero-order chi connectivity index (χ0) is 25.6. The fourth-order valence-electron chi connectivity index (χ4n) is 3.04. The summed E-state index contributed by atoms with van der Waals surface area (Å²) in [6, 6.07) is 15.2. The average molecular weight is 500 g/mol. The first kappa shape index (κ1) is 25.1. The molecular weight excluding hydrogens is 478 g/mol. The van der Waals surface area contributed by atoms with E-state index in [1.165, 1.54) is 55.5 Å². The molecule has 0 bridgehead atoms. The van der Waals surface area contributed by atoms with Crippen molar-refractivity contribution in [3.8, 4) is 0 Å². The number of carbonyl (C=O) groups is 1. The third-order valence-electron chi connectivity index (χ3n) is 4.90. The van der Waals surface area contributed by atoms with E-state index in [0.717, 1.165) is 6.07 Å². The average Bonchev–Trinajstić information content (AvgIpc) is 2.82. The van der Waals surface area contributed by atoms with E-state index >= 15 is 0 Å². The van der Waals surface area contributed by atoms with E-state index in [0.29, 0.717) is 23.4 Å². The van der Waals surface area contributed by atoms with Crippen LogP contribution in [-0.2, 0) is 10.0 Å². The number of nitro benzene ring substituents is 2. The minimum atomic E-state index is -4.07. The maximum Gasteiger partial charge on any atom is 0.273 e. The summed E-state index contributed by atoms with van der Waals surface area (Å²) in [5.74, 6) is -0.376. The molecule has 3 aromatic rings. The Morgan fingerprint density at radius 3 is 2.09 bits per heavy atom. The lowest BCUT2D eigenvalue weighted by Crippen LogP contribution is -2.28. The van der Waals surface area contributed by atoms with Crippen molar-refractivity contribution in [1.29, 1.82) is 0 Å². The molecule has 0 spiro atoms. The Bertz CT molecular complexity index is 1360. The van der Waals surface area contributed by atoms with E-state index in [1.807, 2.05) is 0 Å². The minimum absolute atomic E-state index is 0.0187. The summed E-state index contributed by atoms with van der Waals surface area (Å²) < 4.78 is 27.5. The second-order valence-corrected chi connectivity index (χ2v) is 9.06. The second kappa shape index (κ2) is 10.6. The maximum atomic E-state index is 12.6. The first-order valence-electron chi connectivity index (χ1n) is 10.2. The molecule has 182 valence electrons. The number of sulfonamides is 1. The lowest BCUT2D eigenvalue weighted by atomic mass is 10.2. The highest BCUT2D eigenvalue weighted by atomic mass is 32.2. The normalized spacial score (nSPS) is 10.9. The highest BCUT2D eigenvalue weighted by molar-refractivity contribution is 7.92. The van der Waals surface area contributed by atoms with Gasteiger partial charge in [0.05, 0.1) is 14.7 Å². The first-order valence-corrected chi connectivity index (χ1v) is 11.7. The van der Waals surface area contributed by atoms with E-state index < -0.39 is 19.9 Å². The van der Waals surface area contributed by atoms with Crippen LogP contribution in [0.3, 0.4) is 0 Å². The van der Waals surface area contributed by atoms with Gasteiger partial charge in [-0.2, -0.15) is 0 Å². The Morgan fingerprint density at radius 2 is 1.49 bits per heavy atom. The van der Waals surface area contributed by atoms with E-state index in [4.69, 9.17) is 0 Å². The van der Waals surface area contributed by atoms with Crippen LogP contribution >= 0.6 is 0 Å². The summed E-state index contributed by atoms with van der Waals surface area (Å²) in [4.78, 5) is 32.7. The van der Waals surface area contributed by atoms with Crippen molar-refractivity contribution < 1.29 is 23.1 Å². The van der Waals surface area contributed by atoms with Gasteiger partial charge >= 0.3 is 0 Å². The van der Waals surface area contributed by atoms with Gasteiger partial charge in [-0.3, -0.25) is 29.7 Å². The van der Waals surface area contributed by atoms with Crippen molar-refractivity contribution in [1.82, 2.24) is 5.32 Å². The molecule has 3 rings (SSSR count). The zero-order valence-corrected chi connectivity index (χ0v) is 19.2. The zero-order valence-electron chi connectivity index (χ0n) is 18.4. The number of hydrogen-bond donors (Lipinski definition) is 3. The van der Waals surface area contributed by atoms with Gasteiger partial charge in [0.2, 0.25) is 0 Å². The number of nitro groups is 2. The lowest BCUT2D eigenvalue weighted by Gasteiger charge is -2.10. The van der Waals surface area contributed by atoms with Crippen molar-refractivity contribution >= 4 is 38.7 Å². The summed E-state index contributed by atoms with van der Waals surface area (Å²) in [5, 5.41) is 27.5. The van der Waals surface area contributed by atoms with Gasteiger partial charge < -0.3 is 10.6 Å². The fraction of sp³-hybridized carbons (Fsp3) is 0.136. The first-order chi connectivity index (χ1) is 16.6. The standard InChI is InChI=1S/C22H21N5O7S/c1-15-2-11-20(14-21(15)27(31)32)35(33,34)25-18-5-3-16(4-6-18)22(28)24-13-12-23-17-7-9-19(10-8-17)26(29)30/h2-11,14,23,25H,12-13H2,1H3,(H,24,28). The maximum absolute atomic E-state index is 12.6.